The molecule has 19 heavy (non-hydrogen) atoms. The average Bonchev–Trinajstić information content (AvgIpc) is 2.37. The molecule has 1 saturated heterocycles. The zero-order valence-electron chi connectivity index (χ0n) is 11.2. The number of pyridine rings is 1. The molecule has 0 bridgehead atoms. The normalized spacial score (nSPS) is 23.2. The summed E-state index contributed by atoms with van der Waals surface area (Å²) in [6.07, 6.45) is 2.49. The van der Waals surface area contributed by atoms with Crippen LogP contribution >= 0.6 is 0 Å². The van der Waals surface area contributed by atoms with Crippen molar-refractivity contribution in [3.05, 3.63) is 29.6 Å². The highest BCUT2D eigenvalue weighted by Gasteiger charge is 2.27. The smallest absolute Gasteiger partial charge is 0.335 e. The zero-order valence-corrected chi connectivity index (χ0v) is 11.2. The molecule has 1 aliphatic heterocycles. The van der Waals surface area contributed by atoms with Gasteiger partial charge in [-0.1, -0.05) is 13.8 Å². The molecule has 2 atom stereocenters. The number of carboxylic acids is 1. The molecule has 0 saturated carbocycles. The number of likely N-dealkylation sites (tertiary alicyclic amines) is 1. The summed E-state index contributed by atoms with van der Waals surface area (Å²) in [6, 6.07) is 2.73. The molecule has 2 heterocycles. The lowest BCUT2D eigenvalue weighted by Gasteiger charge is -2.34. The van der Waals surface area contributed by atoms with Crippen LogP contribution in [0.15, 0.2) is 18.3 Å². The summed E-state index contributed by atoms with van der Waals surface area (Å²) in [5.41, 5.74) is 0.303. The molecule has 1 N–H and O–H groups in total. The van der Waals surface area contributed by atoms with Gasteiger partial charge in [-0.3, -0.25) is 9.78 Å². The molecule has 2 unspecified atom stereocenters. The molecule has 0 spiro atoms. The van der Waals surface area contributed by atoms with Gasteiger partial charge in [0.25, 0.3) is 5.91 Å². The standard InChI is InChI=1S/C14H18N2O3/c1-9-5-10(2)8-16(7-9)13(17)12-6-11(14(18)19)3-4-15-12/h3-4,6,9-10H,5,7-8H2,1-2H3,(H,18,19). The van der Waals surface area contributed by atoms with Crippen molar-refractivity contribution in [3.63, 3.8) is 0 Å². The highest BCUT2D eigenvalue weighted by Crippen LogP contribution is 2.22. The fourth-order valence-electron chi connectivity index (χ4n) is 2.67. The minimum Gasteiger partial charge on any atom is -0.478 e. The Morgan fingerprint density at radius 2 is 1.95 bits per heavy atom. The first-order valence-electron chi connectivity index (χ1n) is 6.46. The van der Waals surface area contributed by atoms with E-state index in [-0.39, 0.29) is 17.2 Å². The van der Waals surface area contributed by atoms with Crippen LogP contribution in [0.1, 0.15) is 41.1 Å². The number of amides is 1. The van der Waals surface area contributed by atoms with E-state index >= 15 is 0 Å². The van der Waals surface area contributed by atoms with Crippen LogP contribution in [0.25, 0.3) is 0 Å². The Bertz CT molecular complexity index is 491. The van der Waals surface area contributed by atoms with Gasteiger partial charge in [-0.25, -0.2) is 4.79 Å². The van der Waals surface area contributed by atoms with Gasteiger partial charge >= 0.3 is 5.97 Å². The molecule has 5 nitrogen and oxygen atoms in total. The lowest BCUT2D eigenvalue weighted by Crippen LogP contribution is -2.42. The monoisotopic (exact) mass is 262 g/mol. The molecular formula is C14H18N2O3. The topological polar surface area (TPSA) is 70.5 Å². The summed E-state index contributed by atoms with van der Waals surface area (Å²) < 4.78 is 0. The Labute approximate surface area is 112 Å². The van der Waals surface area contributed by atoms with E-state index in [9.17, 15) is 9.59 Å². The van der Waals surface area contributed by atoms with Gasteiger partial charge in [-0.15, -0.1) is 0 Å². The second-order valence-electron chi connectivity index (χ2n) is 5.39. The molecule has 5 heteroatoms. The first kappa shape index (κ1) is 13.5. The number of rotatable bonds is 2. The van der Waals surface area contributed by atoms with Crippen molar-refractivity contribution >= 4 is 11.9 Å². The lowest BCUT2D eigenvalue weighted by atomic mass is 9.91. The van der Waals surface area contributed by atoms with Gasteiger partial charge in [0, 0.05) is 19.3 Å². The number of aromatic nitrogens is 1. The van der Waals surface area contributed by atoms with Crippen molar-refractivity contribution in [2.45, 2.75) is 20.3 Å². The minimum atomic E-state index is -1.04. The van der Waals surface area contributed by atoms with Gasteiger partial charge in [-0.2, -0.15) is 0 Å². The largest absolute Gasteiger partial charge is 0.478 e. The number of hydrogen-bond acceptors (Lipinski definition) is 3. The van der Waals surface area contributed by atoms with Crippen LogP contribution in [0.4, 0.5) is 0 Å². The Kier molecular flexibility index (Phi) is 3.83. The Morgan fingerprint density at radius 1 is 1.32 bits per heavy atom. The van der Waals surface area contributed by atoms with Gasteiger partial charge in [0.2, 0.25) is 0 Å². The van der Waals surface area contributed by atoms with Crippen molar-refractivity contribution in [2.75, 3.05) is 13.1 Å². The summed E-state index contributed by atoms with van der Waals surface area (Å²) in [5, 5.41) is 8.93. The Balaban J connectivity index is 2.19. The van der Waals surface area contributed by atoms with Crippen molar-refractivity contribution in [2.24, 2.45) is 11.8 Å². The summed E-state index contributed by atoms with van der Waals surface area (Å²) in [7, 11) is 0. The van der Waals surface area contributed by atoms with Crippen LogP contribution in [0.5, 0.6) is 0 Å². The number of nitrogens with zero attached hydrogens (tertiary/aromatic N) is 2. The average molecular weight is 262 g/mol. The second-order valence-corrected chi connectivity index (χ2v) is 5.39. The van der Waals surface area contributed by atoms with Crippen LogP contribution < -0.4 is 0 Å². The number of piperidine rings is 1. The van der Waals surface area contributed by atoms with E-state index in [1.165, 1.54) is 18.3 Å². The number of carbonyl (C=O) groups is 2. The SMILES string of the molecule is CC1CC(C)CN(C(=O)c2cc(C(=O)O)ccn2)C1. The summed E-state index contributed by atoms with van der Waals surface area (Å²) in [4.78, 5) is 29.0. The number of carboxylic acid groups (broad SMARTS) is 1. The predicted molar refractivity (Wildman–Crippen MR) is 70.0 cm³/mol. The van der Waals surface area contributed by atoms with Gasteiger partial charge in [0.1, 0.15) is 5.69 Å². The summed E-state index contributed by atoms with van der Waals surface area (Å²) >= 11 is 0. The Hall–Kier alpha value is -1.91. The van der Waals surface area contributed by atoms with E-state index in [1.54, 1.807) is 4.90 Å². The third-order valence-electron chi connectivity index (χ3n) is 3.38. The van der Waals surface area contributed by atoms with E-state index in [0.29, 0.717) is 24.9 Å². The van der Waals surface area contributed by atoms with Crippen LogP contribution in [-0.4, -0.2) is 40.0 Å². The fourth-order valence-corrected chi connectivity index (χ4v) is 2.67. The zero-order chi connectivity index (χ0) is 14.0. The van der Waals surface area contributed by atoms with Crippen LogP contribution in [0, 0.1) is 11.8 Å². The highest BCUT2D eigenvalue weighted by atomic mass is 16.4. The van der Waals surface area contributed by atoms with Crippen LogP contribution in [0.3, 0.4) is 0 Å². The van der Waals surface area contributed by atoms with Crippen molar-refractivity contribution in [1.82, 2.24) is 9.88 Å². The van der Waals surface area contributed by atoms with E-state index < -0.39 is 5.97 Å². The molecule has 0 aliphatic carbocycles. The third-order valence-corrected chi connectivity index (χ3v) is 3.38. The molecule has 1 aliphatic rings. The number of aromatic carboxylic acids is 1. The quantitative estimate of drug-likeness (QED) is 0.883. The molecule has 102 valence electrons. The van der Waals surface area contributed by atoms with Crippen molar-refractivity contribution in [1.29, 1.82) is 0 Å². The first-order chi connectivity index (χ1) is 8.97. The second kappa shape index (κ2) is 5.38. The fraction of sp³-hybridized carbons (Fsp3) is 0.500. The molecular weight excluding hydrogens is 244 g/mol. The molecule has 0 aromatic carbocycles. The van der Waals surface area contributed by atoms with Crippen molar-refractivity contribution < 1.29 is 14.7 Å². The molecule has 0 radical (unpaired) electrons. The van der Waals surface area contributed by atoms with Crippen LogP contribution in [-0.2, 0) is 0 Å². The molecule has 2 rings (SSSR count). The molecule has 1 fully saturated rings. The van der Waals surface area contributed by atoms with Gasteiger partial charge in [0.05, 0.1) is 5.56 Å². The lowest BCUT2D eigenvalue weighted by molar-refractivity contribution is 0.0617. The highest BCUT2D eigenvalue weighted by molar-refractivity contribution is 5.95. The maximum atomic E-state index is 12.3. The van der Waals surface area contributed by atoms with Gasteiger partial charge < -0.3 is 10.0 Å². The van der Waals surface area contributed by atoms with E-state index in [0.717, 1.165) is 6.42 Å². The Morgan fingerprint density at radius 3 is 2.53 bits per heavy atom. The van der Waals surface area contributed by atoms with Crippen LogP contribution in [0.2, 0.25) is 0 Å². The third kappa shape index (κ3) is 3.10. The van der Waals surface area contributed by atoms with Crippen molar-refractivity contribution in [3.8, 4) is 0 Å². The van der Waals surface area contributed by atoms with E-state index in [4.69, 9.17) is 5.11 Å². The maximum Gasteiger partial charge on any atom is 0.335 e. The van der Waals surface area contributed by atoms with Gasteiger partial charge in [0.15, 0.2) is 0 Å². The summed E-state index contributed by atoms with van der Waals surface area (Å²) in [5.74, 6) is -0.288. The number of hydrogen-bond donors (Lipinski definition) is 1. The van der Waals surface area contributed by atoms with E-state index in [1.807, 2.05) is 0 Å². The van der Waals surface area contributed by atoms with Gasteiger partial charge in [-0.05, 0) is 30.4 Å². The molecule has 1 amide bonds. The molecule has 1 aromatic rings. The summed E-state index contributed by atoms with van der Waals surface area (Å²) in [6.45, 7) is 5.67. The van der Waals surface area contributed by atoms with E-state index in [2.05, 4.69) is 18.8 Å². The minimum absolute atomic E-state index is 0.0939. The predicted octanol–water partition coefficient (Wildman–Crippen LogP) is 1.90. The number of carbonyl (C=O) groups excluding carboxylic acids is 1. The maximum absolute atomic E-state index is 12.3. The first-order valence-corrected chi connectivity index (χ1v) is 6.46. The molecule has 1 aromatic heterocycles.